The van der Waals surface area contributed by atoms with Gasteiger partial charge in [0.1, 0.15) is 11.7 Å². The largest absolute Gasteiger partial charge is 0.318 e. The molecule has 1 aliphatic heterocycles. The van der Waals surface area contributed by atoms with Crippen molar-refractivity contribution in [1.29, 1.82) is 0 Å². The molecule has 2 heterocycles. The maximum absolute atomic E-state index is 12.8. The molecule has 1 N–H and O–H groups in total. The van der Waals surface area contributed by atoms with Crippen molar-refractivity contribution >= 4 is 17.2 Å². The molecule has 1 spiro atoms. The highest BCUT2D eigenvalue weighted by Crippen LogP contribution is 2.47. The van der Waals surface area contributed by atoms with Crippen LogP contribution in [0.25, 0.3) is 0 Å². The maximum atomic E-state index is 12.8. The molecular weight excluding hydrogens is 280 g/mol. The minimum Gasteiger partial charge on any atom is -0.318 e. The Morgan fingerprint density at radius 2 is 2.14 bits per heavy atom. The monoisotopic (exact) mass is 306 g/mol. The topological polar surface area (TPSA) is 32.3 Å². The molecule has 0 aromatic carbocycles. The van der Waals surface area contributed by atoms with E-state index in [4.69, 9.17) is 0 Å². The van der Waals surface area contributed by atoms with Crippen LogP contribution in [0.2, 0.25) is 0 Å². The molecule has 3 nitrogen and oxygen atoms in total. The van der Waals surface area contributed by atoms with E-state index in [9.17, 15) is 4.79 Å². The van der Waals surface area contributed by atoms with Gasteiger partial charge in [0.15, 0.2) is 0 Å². The SMILES string of the molecule is CC(C)CCCC(C)N1C(=O)C2(CC2)NC1c1cccs1. The lowest BCUT2D eigenvalue weighted by molar-refractivity contribution is -0.132. The minimum absolute atomic E-state index is 0.0917. The second-order valence-electron chi connectivity index (χ2n) is 7.03. The van der Waals surface area contributed by atoms with Crippen molar-refractivity contribution in [2.24, 2.45) is 5.92 Å². The number of carbonyl (C=O) groups excluding carboxylic acids is 1. The first-order valence-electron chi connectivity index (χ1n) is 8.17. The Kier molecular flexibility index (Phi) is 4.10. The molecule has 1 aromatic heterocycles. The van der Waals surface area contributed by atoms with Gasteiger partial charge in [-0.1, -0.05) is 32.8 Å². The van der Waals surface area contributed by atoms with E-state index in [-0.39, 0.29) is 11.7 Å². The van der Waals surface area contributed by atoms with Crippen LogP contribution >= 0.6 is 11.3 Å². The standard InChI is InChI=1S/C17H26N2OS/c1-12(2)6-4-7-13(3)19-15(14-8-5-11-21-14)18-17(9-10-17)16(19)20/h5,8,11-13,15,18H,4,6-7,9-10H2,1-3H3. The smallest absolute Gasteiger partial charge is 0.244 e. The van der Waals surface area contributed by atoms with E-state index < -0.39 is 0 Å². The predicted molar refractivity (Wildman–Crippen MR) is 87.2 cm³/mol. The highest BCUT2D eigenvalue weighted by atomic mass is 32.1. The molecule has 3 rings (SSSR count). The molecule has 1 aliphatic carbocycles. The first-order valence-corrected chi connectivity index (χ1v) is 9.05. The van der Waals surface area contributed by atoms with Crippen LogP contribution in [0.15, 0.2) is 17.5 Å². The van der Waals surface area contributed by atoms with Crippen molar-refractivity contribution in [1.82, 2.24) is 10.2 Å². The van der Waals surface area contributed by atoms with E-state index in [0.29, 0.717) is 11.9 Å². The molecule has 1 saturated heterocycles. The number of amides is 1. The molecule has 21 heavy (non-hydrogen) atoms. The Bertz CT molecular complexity index is 493. The summed E-state index contributed by atoms with van der Waals surface area (Å²) in [5.74, 6) is 1.07. The number of nitrogens with one attached hydrogen (secondary N) is 1. The summed E-state index contributed by atoms with van der Waals surface area (Å²) in [4.78, 5) is 16.2. The van der Waals surface area contributed by atoms with Gasteiger partial charge in [0, 0.05) is 10.9 Å². The van der Waals surface area contributed by atoms with Crippen LogP contribution in [0.4, 0.5) is 0 Å². The maximum Gasteiger partial charge on any atom is 0.244 e. The lowest BCUT2D eigenvalue weighted by Gasteiger charge is -2.30. The highest BCUT2D eigenvalue weighted by Gasteiger charge is 2.60. The van der Waals surface area contributed by atoms with E-state index in [1.54, 1.807) is 11.3 Å². The quantitative estimate of drug-likeness (QED) is 0.864. The fourth-order valence-corrected chi connectivity index (χ4v) is 4.08. The van der Waals surface area contributed by atoms with Crippen LogP contribution in [-0.4, -0.2) is 22.4 Å². The lowest BCUT2D eigenvalue weighted by Crippen LogP contribution is -2.38. The van der Waals surface area contributed by atoms with E-state index in [1.807, 2.05) is 0 Å². The third-order valence-electron chi connectivity index (χ3n) is 4.78. The van der Waals surface area contributed by atoms with E-state index in [0.717, 1.165) is 25.2 Å². The van der Waals surface area contributed by atoms with Gasteiger partial charge in [0.2, 0.25) is 5.91 Å². The zero-order valence-electron chi connectivity index (χ0n) is 13.3. The summed E-state index contributed by atoms with van der Waals surface area (Å²) in [5.41, 5.74) is -0.221. The predicted octanol–water partition coefficient (Wildman–Crippen LogP) is 3.93. The molecule has 4 heteroatoms. The van der Waals surface area contributed by atoms with Gasteiger partial charge in [-0.25, -0.2) is 0 Å². The normalized spacial score (nSPS) is 25.0. The molecule has 0 radical (unpaired) electrons. The van der Waals surface area contributed by atoms with Crippen LogP contribution < -0.4 is 5.32 Å². The van der Waals surface area contributed by atoms with Crippen molar-refractivity contribution in [3.63, 3.8) is 0 Å². The van der Waals surface area contributed by atoms with Gasteiger partial charge >= 0.3 is 0 Å². The molecule has 1 saturated carbocycles. The zero-order chi connectivity index (χ0) is 15.0. The first kappa shape index (κ1) is 15.0. The molecule has 1 aromatic rings. The molecule has 0 bridgehead atoms. The van der Waals surface area contributed by atoms with Gasteiger partial charge in [-0.3, -0.25) is 10.1 Å². The summed E-state index contributed by atoms with van der Waals surface area (Å²) in [7, 11) is 0. The fraction of sp³-hybridized carbons (Fsp3) is 0.706. The Morgan fingerprint density at radius 1 is 1.38 bits per heavy atom. The van der Waals surface area contributed by atoms with E-state index in [1.165, 1.54) is 17.7 Å². The van der Waals surface area contributed by atoms with Crippen LogP contribution in [0, 0.1) is 5.92 Å². The fourth-order valence-electron chi connectivity index (χ4n) is 3.31. The Morgan fingerprint density at radius 3 is 2.71 bits per heavy atom. The third-order valence-corrected chi connectivity index (χ3v) is 5.70. The van der Waals surface area contributed by atoms with Crippen LogP contribution in [0.3, 0.4) is 0 Å². The summed E-state index contributed by atoms with van der Waals surface area (Å²) in [5, 5.41) is 5.71. The molecule has 2 unspecified atom stereocenters. The Balaban J connectivity index is 1.72. The van der Waals surface area contributed by atoms with E-state index in [2.05, 4.69) is 48.5 Å². The van der Waals surface area contributed by atoms with Gasteiger partial charge < -0.3 is 4.90 Å². The van der Waals surface area contributed by atoms with Crippen molar-refractivity contribution in [3.8, 4) is 0 Å². The third kappa shape index (κ3) is 2.88. The van der Waals surface area contributed by atoms with Crippen LogP contribution in [0.5, 0.6) is 0 Å². The molecule has 116 valence electrons. The summed E-state index contributed by atoms with van der Waals surface area (Å²) in [6, 6.07) is 4.53. The number of nitrogens with zero attached hydrogens (tertiary/aromatic N) is 1. The van der Waals surface area contributed by atoms with Crippen molar-refractivity contribution in [2.45, 2.75) is 70.6 Å². The van der Waals surface area contributed by atoms with Crippen molar-refractivity contribution in [2.75, 3.05) is 0 Å². The summed E-state index contributed by atoms with van der Waals surface area (Å²) in [6.45, 7) is 6.74. The number of hydrogen-bond acceptors (Lipinski definition) is 3. The number of thiophene rings is 1. The minimum atomic E-state index is -0.221. The lowest BCUT2D eigenvalue weighted by atomic mass is 10.0. The second kappa shape index (κ2) is 5.73. The van der Waals surface area contributed by atoms with Gasteiger partial charge in [-0.2, -0.15) is 0 Å². The van der Waals surface area contributed by atoms with Crippen LogP contribution in [0.1, 0.15) is 63.9 Å². The zero-order valence-corrected chi connectivity index (χ0v) is 14.1. The first-order chi connectivity index (χ1) is 10.0. The summed E-state index contributed by atoms with van der Waals surface area (Å²) >= 11 is 1.74. The Hall–Kier alpha value is -0.870. The summed E-state index contributed by atoms with van der Waals surface area (Å²) in [6.07, 6.45) is 5.64. The van der Waals surface area contributed by atoms with E-state index >= 15 is 0 Å². The molecule has 1 amide bonds. The molecule has 2 aliphatic rings. The van der Waals surface area contributed by atoms with Crippen molar-refractivity contribution in [3.05, 3.63) is 22.4 Å². The average Bonchev–Trinajstić information content (AvgIpc) is 2.90. The molecule has 2 atom stereocenters. The molecule has 2 fully saturated rings. The highest BCUT2D eigenvalue weighted by molar-refractivity contribution is 7.10. The average molecular weight is 306 g/mol. The van der Waals surface area contributed by atoms with Gasteiger partial charge in [-0.05, 0) is 43.6 Å². The number of hydrogen-bond donors (Lipinski definition) is 1. The number of carbonyl (C=O) groups is 1. The Labute approximate surface area is 131 Å². The second-order valence-corrected chi connectivity index (χ2v) is 8.01. The number of rotatable bonds is 6. The van der Waals surface area contributed by atoms with Crippen molar-refractivity contribution < 1.29 is 4.79 Å². The molecular formula is C17H26N2OS. The van der Waals surface area contributed by atoms with Crippen LogP contribution in [-0.2, 0) is 4.79 Å². The van der Waals surface area contributed by atoms with Gasteiger partial charge in [-0.15, -0.1) is 11.3 Å². The van der Waals surface area contributed by atoms with Gasteiger partial charge in [0.25, 0.3) is 0 Å². The van der Waals surface area contributed by atoms with Gasteiger partial charge in [0.05, 0.1) is 0 Å². The summed E-state index contributed by atoms with van der Waals surface area (Å²) < 4.78 is 0.